The number of pyridine rings is 1. The van der Waals surface area contributed by atoms with Crippen molar-refractivity contribution in [1.82, 2.24) is 19.5 Å². The number of nitrogens with zero attached hydrogens (tertiary/aromatic N) is 5. The van der Waals surface area contributed by atoms with Gasteiger partial charge >= 0.3 is 0 Å². The molecule has 3 aromatic heterocycles. The molecule has 0 amide bonds. The first-order chi connectivity index (χ1) is 13.8. The van der Waals surface area contributed by atoms with Gasteiger partial charge in [-0.25, -0.2) is 15.0 Å². The molecule has 0 bridgehead atoms. The molecule has 1 aliphatic rings. The minimum absolute atomic E-state index is 0.0715. The van der Waals surface area contributed by atoms with Gasteiger partial charge in [0.05, 0.1) is 34.8 Å². The third-order valence-corrected chi connectivity index (χ3v) is 6.13. The highest BCUT2D eigenvalue weighted by Crippen LogP contribution is 2.29. The Balaban J connectivity index is 1.39. The van der Waals surface area contributed by atoms with Crippen molar-refractivity contribution in [3.05, 3.63) is 48.4 Å². The van der Waals surface area contributed by atoms with Crippen molar-refractivity contribution >= 4 is 43.6 Å². The van der Waals surface area contributed by atoms with E-state index in [-0.39, 0.29) is 6.04 Å². The van der Waals surface area contributed by atoms with Crippen LogP contribution in [0.25, 0.3) is 21.4 Å². The zero-order valence-corrected chi connectivity index (χ0v) is 16.1. The van der Waals surface area contributed by atoms with E-state index in [1.165, 1.54) is 5.56 Å². The van der Waals surface area contributed by atoms with Crippen molar-refractivity contribution in [1.29, 1.82) is 0 Å². The molecule has 0 radical (unpaired) electrons. The molecule has 5 rings (SSSR count). The van der Waals surface area contributed by atoms with Crippen molar-refractivity contribution < 1.29 is 5.21 Å². The standard InChI is InChI=1S/C20H20N6OS/c27-25-15-5-2-1-4-14(15)23-20-24-16-8-7-13(10-18(16)28-20)11-26-12-22-17-6-3-9-21-19(17)26/h3,6-10,12,14,27H,1-2,4-5,11H2,(H,23,24). The molecule has 8 heteroatoms. The van der Waals surface area contributed by atoms with Crippen LogP contribution >= 0.6 is 11.3 Å². The maximum absolute atomic E-state index is 9.23. The molecule has 1 atom stereocenters. The first kappa shape index (κ1) is 17.1. The van der Waals surface area contributed by atoms with Crippen LogP contribution < -0.4 is 5.32 Å². The lowest BCUT2D eigenvalue weighted by molar-refractivity contribution is 0.313. The second-order valence-corrected chi connectivity index (χ2v) is 8.10. The fourth-order valence-electron chi connectivity index (χ4n) is 3.76. The molecule has 28 heavy (non-hydrogen) atoms. The first-order valence-corrected chi connectivity index (χ1v) is 10.2. The Labute approximate surface area is 165 Å². The van der Waals surface area contributed by atoms with Crippen LogP contribution in [-0.4, -0.2) is 36.5 Å². The fourth-order valence-corrected chi connectivity index (χ4v) is 4.74. The summed E-state index contributed by atoms with van der Waals surface area (Å²) in [6.45, 7) is 0.716. The third-order valence-electron chi connectivity index (χ3n) is 5.18. The normalized spacial score (nSPS) is 18.9. The Morgan fingerprint density at radius 2 is 2.18 bits per heavy atom. The topological polar surface area (TPSA) is 88.2 Å². The van der Waals surface area contributed by atoms with E-state index in [2.05, 4.69) is 43.2 Å². The number of thiazole rings is 1. The van der Waals surface area contributed by atoms with Crippen LogP contribution in [0.3, 0.4) is 0 Å². The second-order valence-electron chi connectivity index (χ2n) is 7.07. The van der Waals surface area contributed by atoms with Gasteiger partial charge in [-0.2, -0.15) is 0 Å². The smallest absolute Gasteiger partial charge is 0.184 e. The quantitative estimate of drug-likeness (QED) is 0.400. The first-order valence-electron chi connectivity index (χ1n) is 9.43. The Bertz CT molecular complexity index is 1160. The van der Waals surface area contributed by atoms with E-state index in [0.29, 0.717) is 6.54 Å². The van der Waals surface area contributed by atoms with Gasteiger partial charge in [0.15, 0.2) is 10.8 Å². The summed E-state index contributed by atoms with van der Waals surface area (Å²) in [6.07, 6.45) is 7.66. The van der Waals surface area contributed by atoms with Crippen LogP contribution in [-0.2, 0) is 6.54 Å². The van der Waals surface area contributed by atoms with Crippen LogP contribution in [0.4, 0.5) is 5.13 Å². The van der Waals surface area contributed by atoms with Gasteiger partial charge < -0.3 is 15.1 Å². The molecule has 1 saturated carbocycles. The number of nitrogens with one attached hydrogen (secondary N) is 1. The lowest BCUT2D eigenvalue weighted by Gasteiger charge is -2.23. The summed E-state index contributed by atoms with van der Waals surface area (Å²) in [5, 5.41) is 17.0. The van der Waals surface area contributed by atoms with Crippen LogP contribution in [0.1, 0.15) is 31.2 Å². The SMILES string of the molecule is ON=C1CCCCC1Nc1nc2ccc(Cn3cnc4cccnc43)cc2s1. The van der Waals surface area contributed by atoms with Crippen molar-refractivity contribution in [3.8, 4) is 0 Å². The van der Waals surface area contributed by atoms with Crippen LogP contribution in [0.15, 0.2) is 48.0 Å². The molecule has 3 heterocycles. The maximum atomic E-state index is 9.23. The highest BCUT2D eigenvalue weighted by Gasteiger charge is 2.22. The van der Waals surface area contributed by atoms with E-state index >= 15 is 0 Å². The molecule has 1 unspecified atom stereocenters. The van der Waals surface area contributed by atoms with E-state index in [1.54, 1.807) is 17.5 Å². The average molecular weight is 392 g/mol. The summed E-state index contributed by atoms with van der Waals surface area (Å²) < 4.78 is 3.19. The molecule has 1 fully saturated rings. The largest absolute Gasteiger partial charge is 0.411 e. The maximum Gasteiger partial charge on any atom is 0.184 e. The Kier molecular flexibility index (Phi) is 4.40. The van der Waals surface area contributed by atoms with Gasteiger partial charge in [0, 0.05) is 6.20 Å². The Morgan fingerprint density at radius 3 is 3.11 bits per heavy atom. The number of fused-ring (bicyclic) bond motifs is 2. The summed E-state index contributed by atoms with van der Waals surface area (Å²) in [7, 11) is 0. The number of anilines is 1. The minimum Gasteiger partial charge on any atom is -0.411 e. The number of benzene rings is 1. The van der Waals surface area contributed by atoms with E-state index in [9.17, 15) is 5.21 Å². The summed E-state index contributed by atoms with van der Waals surface area (Å²) >= 11 is 1.63. The predicted octanol–water partition coefficient (Wildman–Crippen LogP) is 4.27. The Morgan fingerprint density at radius 1 is 1.21 bits per heavy atom. The third kappa shape index (κ3) is 3.20. The molecule has 4 aromatic rings. The zero-order valence-electron chi connectivity index (χ0n) is 15.2. The number of hydrogen-bond donors (Lipinski definition) is 2. The van der Waals surface area contributed by atoms with Gasteiger partial charge in [-0.15, -0.1) is 0 Å². The molecule has 0 aliphatic heterocycles. The summed E-state index contributed by atoms with van der Waals surface area (Å²) in [4.78, 5) is 13.5. The van der Waals surface area contributed by atoms with E-state index < -0.39 is 0 Å². The van der Waals surface area contributed by atoms with Gasteiger partial charge in [0.25, 0.3) is 0 Å². The van der Waals surface area contributed by atoms with E-state index in [4.69, 9.17) is 4.98 Å². The molecule has 7 nitrogen and oxygen atoms in total. The number of hydrogen-bond acceptors (Lipinski definition) is 7. The summed E-state index contributed by atoms with van der Waals surface area (Å²) in [5.41, 5.74) is 4.78. The summed E-state index contributed by atoms with van der Waals surface area (Å²) in [6, 6.07) is 10.3. The number of aromatic nitrogens is 4. The van der Waals surface area contributed by atoms with Crippen LogP contribution in [0, 0.1) is 0 Å². The molecular weight excluding hydrogens is 372 g/mol. The zero-order chi connectivity index (χ0) is 18.9. The molecule has 1 aromatic carbocycles. The highest BCUT2D eigenvalue weighted by molar-refractivity contribution is 7.22. The average Bonchev–Trinajstić information content (AvgIpc) is 3.32. The van der Waals surface area contributed by atoms with Gasteiger partial charge in [-0.1, -0.05) is 29.0 Å². The number of imidazole rings is 1. The molecule has 2 N–H and O–H groups in total. The molecule has 0 spiro atoms. The van der Waals surface area contributed by atoms with Crippen molar-refractivity contribution in [3.63, 3.8) is 0 Å². The van der Waals surface area contributed by atoms with E-state index in [0.717, 1.165) is 57.9 Å². The van der Waals surface area contributed by atoms with Gasteiger partial charge in [-0.3, -0.25) is 0 Å². The van der Waals surface area contributed by atoms with Gasteiger partial charge in [0.1, 0.15) is 5.52 Å². The molecule has 0 saturated heterocycles. The fraction of sp³-hybridized carbons (Fsp3) is 0.300. The Hall–Kier alpha value is -3.00. The molecule has 1 aliphatic carbocycles. The van der Waals surface area contributed by atoms with Crippen molar-refractivity contribution in [2.75, 3.05) is 5.32 Å². The molecule has 142 valence electrons. The number of oxime groups is 1. The lowest BCUT2D eigenvalue weighted by Crippen LogP contribution is -2.32. The minimum atomic E-state index is 0.0715. The van der Waals surface area contributed by atoms with Gasteiger partial charge in [-0.05, 0) is 49.1 Å². The monoisotopic (exact) mass is 392 g/mol. The number of rotatable bonds is 4. The van der Waals surface area contributed by atoms with Gasteiger partial charge in [0.2, 0.25) is 0 Å². The summed E-state index contributed by atoms with van der Waals surface area (Å²) in [5.74, 6) is 0. The second kappa shape index (κ2) is 7.20. The van der Waals surface area contributed by atoms with Crippen molar-refractivity contribution in [2.45, 2.75) is 38.3 Å². The predicted molar refractivity (Wildman–Crippen MR) is 111 cm³/mol. The highest BCUT2D eigenvalue weighted by atomic mass is 32.1. The van der Waals surface area contributed by atoms with Crippen LogP contribution in [0.5, 0.6) is 0 Å². The lowest BCUT2D eigenvalue weighted by atomic mass is 9.93. The van der Waals surface area contributed by atoms with Crippen LogP contribution in [0.2, 0.25) is 0 Å². The van der Waals surface area contributed by atoms with E-state index in [1.807, 2.05) is 18.5 Å². The van der Waals surface area contributed by atoms with Crippen molar-refractivity contribution in [2.24, 2.45) is 5.16 Å². The molecular formula is C20H20N6OS.